The van der Waals surface area contributed by atoms with E-state index in [0.717, 1.165) is 0 Å². The number of carboxylic acid groups (broad SMARTS) is 1. The fraction of sp³-hybridized carbons (Fsp3) is 0.923. The molecule has 8 nitrogen and oxygen atoms in total. The summed E-state index contributed by atoms with van der Waals surface area (Å²) in [5, 5.41) is 9.15. The first kappa shape index (κ1) is 15.1. The molecule has 6 atom stereocenters. The second-order valence-corrected chi connectivity index (χ2v) is 6.50. The highest BCUT2D eigenvalue weighted by atomic mass is 16.9. The zero-order chi connectivity index (χ0) is 15.6. The standard InChI is InChI=1S/C13H21NO7/c1-12(2)18-7-6(5(14)10(15)16)17-11-9(8(7)19-12)20-13(3,4)21-11/h5-9,11H,14H2,1-4H3,(H,15,16)/t5-,6-,7+,8+,9-,11-/m1/s1. The predicted octanol–water partition coefficient (Wildman–Crippen LogP) is -0.205. The van der Waals surface area contributed by atoms with Crippen LogP contribution < -0.4 is 5.73 Å². The van der Waals surface area contributed by atoms with Crippen LogP contribution in [-0.2, 0) is 28.5 Å². The number of ether oxygens (including phenoxy) is 5. The summed E-state index contributed by atoms with van der Waals surface area (Å²) in [7, 11) is 0. The molecule has 3 heterocycles. The largest absolute Gasteiger partial charge is 0.480 e. The van der Waals surface area contributed by atoms with Gasteiger partial charge in [0.1, 0.15) is 30.5 Å². The Labute approximate surface area is 122 Å². The van der Waals surface area contributed by atoms with Gasteiger partial charge in [-0.2, -0.15) is 0 Å². The van der Waals surface area contributed by atoms with Crippen molar-refractivity contribution < 1.29 is 33.6 Å². The van der Waals surface area contributed by atoms with Crippen molar-refractivity contribution in [1.29, 1.82) is 0 Å². The molecule has 0 aromatic rings. The average molecular weight is 303 g/mol. The van der Waals surface area contributed by atoms with Gasteiger partial charge in [-0.15, -0.1) is 0 Å². The molecule has 0 saturated carbocycles. The molecule has 0 spiro atoms. The number of nitrogens with two attached hydrogens (primary N) is 1. The van der Waals surface area contributed by atoms with Crippen molar-refractivity contribution in [2.24, 2.45) is 5.73 Å². The molecule has 0 radical (unpaired) electrons. The first-order valence-electron chi connectivity index (χ1n) is 6.95. The lowest BCUT2D eigenvalue weighted by Gasteiger charge is -2.38. The van der Waals surface area contributed by atoms with Crippen LogP contribution in [0.5, 0.6) is 0 Å². The summed E-state index contributed by atoms with van der Waals surface area (Å²) in [6.07, 6.45) is -3.19. The maximum Gasteiger partial charge on any atom is 0.323 e. The van der Waals surface area contributed by atoms with E-state index in [9.17, 15) is 4.79 Å². The van der Waals surface area contributed by atoms with Gasteiger partial charge in [0.05, 0.1) is 0 Å². The summed E-state index contributed by atoms with van der Waals surface area (Å²) in [4.78, 5) is 11.2. The summed E-state index contributed by atoms with van der Waals surface area (Å²) < 4.78 is 28.8. The fourth-order valence-electron chi connectivity index (χ4n) is 3.07. The van der Waals surface area contributed by atoms with Gasteiger partial charge in [-0.25, -0.2) is 0 Å². The molecule has 3 saturated heterocycles. The van der Waals surface area contributed by atoms with Crippen molar-refractivity contribution in [3.8, 4) is 0 Å². The average Bonchev–Trinajstić information content (AvgIpc) is 2.81. The van der Waals surface area contributed by atoms with Crippen LogP contribution >= 0.6 is 0 Å². The number of carbonyl (C=O) groups is 1. The second kappa shape index (κ2) is 4.61. The van der Waals surface area contributed by atoms with E-state index in [1.54, 1.807) is 27.7 Å². The molecule has 0 aromatic carbocycles. The Kier molecular flexibility index (Phi) is 3.32. The molecule has 8 heteroatoms. The van der Waals surface area contributed by atoms with Crippen LogP contribution in [-0.4, -0.2) is 59.4 Å². The monoisotopic (exact) mass is 303 g/mol. The quantitative estimate of drug-likeness (QED) is 0.721. The van der Waals surface area contributed by atoms with E-state index in [2.05, 4.69) is 0 Å². The highest BCUT2D eigenvalue weighted by Gasteiger charge is 2.62. The maximum atomic E-state index is 11.2. The summed E-state index contributed by atoms with van der Waals surface area (Å²) in [6.45, 7) is 7.03. The molecule has 3 rings (SSSR count). The molecule has 0 amide bonds. The molecular formula is C13H21NO7. The SMILES string of the molecule is CC1(C)O[C@@H]2[C@H](O1)[C@H]1OC(C)(C)O[C@H]1O[C@@H]2[C@@H](N)C(=O)O. The van der Waals surface area contributed by atoms with Crippen molar-refractivity contribution in [1.82, 2.24) is 0 Å². The van der Waals surface area contributed by atoms with Gasteiger partial charge in [-0.1, -0.05) is 0 Å². The third-order valence-corrected chi connectivity index (χ3v) is 3.83. The molecule has 0 aliphatic carbocycles. The lowest BCUT2D eigenvalue weighted by molar-refractivity contribution is -0.238. The molecule has 120 valence electrons. The highest BCUT2D eigenvalue weighted by Crippen LogP contribution is 2.44. The Morgan fingerprint density at radius 1 is 1.00 bits per heavy atom. The van der Waals surface area contributed by atoms with Crippen LogP contribution in [0.1, 0.15) is 27.7 Å². The van der Waals surface area contributed by atoms with Gasteiger partial charge in [0.2, 0.25) is 0 Å². The summed E-state index contributed by atoms with van der Waals surface area (Å²) in [6, 6.07) is -1.23. The van der Waals surface area contributed by atoms with Crippen LogP contribution in [0.15, 0.2) is 0 Å². The number of carboxylic acids is 1. The van der Waals surface area contributed by atoms with Gasteiger partial charge >= 0.3 is 5.97 Å². The minimum Gasteiger partial charge on any atom is -0.480 e. The summed E-state index contributed by atoms with van der Waals surface area (Å²) in [5.41, 5.74) is 5.73. The van der Waals surface area contributed by atoms with Crippen LogP contribution in [0, 0.1) is 0 Å². The Morgan fingerprint density at radius 3 is 2.14 bits per heavy atom. The van der Waals surface area contributed by atoms with E-state index in [1.165, 1.54) is 0 Å². The number of rotatable bonds is 2. The smallest absolute Gasteiger partial charge is 0.323 e. The number of hydrogen-bond acceptors (Lipinski definition) is 7. The van der Waals surface area contributed by atoms with Crippen LogP contribution in [0.25, 0.3) is 0 Å². The Balaban J connectivity index is 1.90. The molecule has 3 aliphatic heterocycles. The van der Waals surface area contributed by atoms with E-state index in [4.69, 9.17) is 34.5 Å². The predicted molar refractivity (Wildman–Crippen MR) is 68.1 cm³/mol. The minimum atomic E-state index is -1.23. The Bertz CT molecular complexity index is 452. The third-order valence-electron chi connectivity index (χ3n) is 3.83. The molecule has 0 bridgehead atoms. The van der Waals surface area contributed by atoms with Crippen molar-refractivity contribution >= 4 is 5.97 Å². The zero-order valence-electron chi connectivity index (χ0n) is 12.4. The van der Waals surface area contributed by atoms with Crippen molar-refractivity contribution in [2.45, 2.75) is 76.0 Å². The molecule has 0 unspecified atom stereocenters. The van der Waals surface area contributed by atoms with Gasteiger partial charge in [0, 0.05) is 0 Å². The highest BCUT2D eigenvalue weighted by molar-refractivity contribution is 5.74. The topological polar surface area (TPSA) is 109 Å². The third kappa shape index (κ3) is 2.56. The van der Waals surface area contributed by atoms with E-state index in [-0.39, 0.29) is 0 Å². The first-order valence-corrected chi connectivity index (χ1v) is 6.95. The lowest BCUT2D eigenvalue weighted by atomic mass is 9.94. The summed E-state index contributed by atoms with van der Waals surface area (Å²) in [5.74, 6) is -2.86. The molecule has 0 aromatic heterocycles. The molecule has 3 fully saturated rings. The molecule has 3 N–H and O–H groups in total. The van der Waals surface area contributed by atoms with Crippen LogP contribution in [0.4, 0.5) is 0 Å². The number of hydrogen-bond donors (Lipinski definition) is 2. The normalized spacial score (nSPS) is 44.9. The van der Waals surface area contributed by atoms with Gasteiger partial charge in [0.15, 0.2) is 17.9 Å². The first-order chi connectivity index (χ1) is 9.60. The van der Waals surface area contributed by atoms with Crippen molar-refractivity contribution in [2.75, 3.05) is 0 Å². The molecule has 3 aliphatic rings. The number of aliphatic carboxylic acids is 1. The van der Waals surface area contributed by atoms with Crippen LogP contribution in [0.3, 0.4) is 0 Å². The Hall–Kier alpha value is -0.770. The van der Waals surface area contributed by atoms with E-state index < -0.39 is 54.3 Å². The number of fused-ring (bicyclic) bond motifs is 3. The van der Waals surface area contributed by atoms with Crippen LogP contribution in [0.2, 0.25) is 0 Å². The minimum absolute atomic E-state index is 0.482. The molecule has 21 heavy (non-hydrogen) atoms. The maximum absolute atomic E-state index is 11.2. The van der Waals surface area contributed by atoms with E-state index in [1.807, 2.05) is 0 Å². The van der Waals surface area contributed by atoms with E-state index >= 15 is 0 Å². The zero-order valence-corrected chi connectivity index (χ0v) is 12.4. The molecular weight excluding hydrogens is 282 g/mol. The second-order valence-electron chi connectivity index (χ2n) is 6.50. The van der Waals surface area contributed by atoms with Crippen molar-refractivity contribution in [3.63, 3.8) is 0 Å². The van der Waals surface area contributed by atoms with Crippen molar-refractivity contribution in [3.05, 3.63) is 0 Å². The fourth-order valence-corrected chi connectivity index (χ4v) is 3.07. The van der Waals surface area contributed by atoms with Gasteiger partial charge in [0.25, 0.3) is 0 Å². The van der Waals surface area contributed by atoms with Gasteiger partial charge < -0.3 is 34.5 Å². The summed E-state index contributed by atoms with van der Waals surface area (Å²) >= 11 is 0. The Morgan fingerprint density at radius 2 is 1.52 bits per heavy atom. The van der Waals surface area contributed by atoms with E-state index in [0.29, 0.717) is 0 Å². The van der Waals surface area contributed by atoms with Gasteiger partial charge in [-0.05, 0) is 27.7 Å². The lowest BCUT2D eigenvalue weighted by Crippen LogP contribution is -2.61. The van der Waals surface area contributed by atoms with Gasteiger partial charge in [-0.3, -0.25) is 4.79 Å².